The smallest absolute Gasteiger partial charge is 0.128 e. The van der Waals surface area contributed by atoms with E-state index in [1.54, 1.807) is 6.07 Å². The van der Waals surface area contributed by atoms with Gasteiger partial charge in [0.15, 0.2) is 0 Å². The average Bonchev–Trinajstić information content (AvgIpc) is 2.34. The standard InChI is InChI=1S/C15H15BrFN/c1-10-9-11(16)7-8-12(10)15(18-2)13-5-3-4-6-14(13)17/h3-9,15,18H,1-2H3. The van der Waals surface area contributed by atoms with E-state index in [1.807, 2.05) is 44.3 Å². The quantitative estimate of drug-likeness (QED) is 0.896. The van der Waals surface area contributed by atoms with Crippen LogP contribution in [-0.4, -0.2) is 7.05 Å². The van der Waals surface area contributed by atoms with Crippen LogP contribution in [0.3, 0.4) is 0 Å². The Hall–Kier alpha value is -1.19. The number of rotatable bonds is 3. The Labute approximate surface area is 115 Å². The summed E-state index contributed by atoms with van der Waals surface area (Å²) in [5.41, 5.74) is 2.89. The first-order valence-corrected chi connectivity index (χ1v) is 6.60. The van der Waals surface area contributed by atoms with Gasteiger partial charge in [-0.2, -0.15) is 0 Å². The van der Waals surface area contributed by atoms with Crippen molar-refractivity contribution >= 4 is 15.9 Å². The molecule has 94 valence electrons. The van der Waals surface area contributed by atoms with Gasteiger partial charge in [-0.05, 0) is 43.3 Å². The SMILES string of the molecule is CNC(c1ccc(Br)cc1C)c1ccccc1F. The molecule has 0 aliphatic rings. The zero-order valence-electron chi connectivity index (χ0n) is 10.4. The van der Waals surface area contributed by atoms with Crippen LogP contribution in [0.2, 0.25) is 0 Å². The minimum Gasteiger partial charge on any atom is -0.309 e. The highest BCUT2D eigenvalue weighted by atomic mass is 79.9. The molecular weight excluding hydrogens is 293 g/mol. The molecule has 1 nitrogen and oxygen atoms in total. The van der Waals surface area contributed by atoms with Crippen LogP contribution in [0, 0.1) is 12.7 Å². The summed E-state index contributed by atoms with van der Waals surface area (Å²) in [5.74, 6) is -0.181. The maximum absolute atomic E-state index is 13.9. The summed E-state index contributed by atoms with van der Waals surface area (Å²) in [6.07, 6.45) is 0. The van der Waals surface area contributed by atoms with Gasteiger partial charge in [-0.3, -0.25) is 0 Å². The van der Waals surface area contributed by atoms with Crippen molar-refractivity contribution in [1.82, 2.24) is 5.32 Å². The molecule has 0 aliphatic carbocycles. The van der Waals surface area contributed by atoms with E-state index in [0.29, 0.717) is 5.56 Å². The normalized spacial score (nSPS) is 12.4. The van der Waals surface area contributed by atoms with Gasteiger partial charge < -0.3 is 5.32 Å². The van der Waals surface area contributed by atoms with E-state index in [9.17, 15) is 4.39 Å². The van der Waals surface area contributed by atoms with Crippen molar-refractivity contribution in [1.29, 1.82) is 0 Å². The van der Waals surface area contributed by atoms with E-state index in [2.05, 4.69) is 21.2 Å². The molecule has 1 N–H and O–H groups in total. The number of benzene rings is 2. The van der Waals surface area contributed by atoms with E-state index in [-0.39, 0.29) is 11.9 Å². The maximum Gasteiger partial charge on any atom is 0.128 e. The number of nitrogens with one attached hydrogen (secondary N) is 1. The lowest BCUT2D eigenvalue weighted by atomic mass is 9.95. The summed E-state index contributed by atoms with van der Waals surface area (Å²) >= 11 is 3.44. The van der Waals surface area contributed by atoms with Gasteiger partial charge in [-0.25, -0.2) is 4.39 Å². The lowest BCUT2D eigenvalue weighted by molar-refractivity contribution is 0.575. The van der Waals surface area contributed by atoms with E-state index in [0.717, 1.165) is 15.6 Å². The molecule has 2 aromatic carbocycles. The number of hydrogen-bond donors (Lipinski definition) is 1. The summed E-state index contributed by atoms with van der Waals surface area (Å²) in [5, 5.41) is 3.18. The van der Waals surface area contributed by atoms with Crippen LogP contribution in [0.25, 0.3) is 0 Å². The molecule has 18 heavy (non-hydrogen) atoms. The van der Waals surface area contributed by atoms with Crippen LogP contribution in [0.4, 0.5) is 4.39 Å². The fourth-order valence-electron chi connectivity index (χ4n) is 2.15. The largest absolute Gasteiger partial charge is 0.309 e. The second-order valence-electron chi connectivity index (χ2n) is 4.24. The molecule has 0 spiro atoms. The van der Waals surface area contributed by atoms with Crippen LogP contribution in [0.5, 0.6) is 0 Å². The van der Waals surface area contributed by atoms with Gasteiger partial charge in [0.2, 0.25) is 0 Å². The molecule has 0 aromatic heterocycles. The molecule has 0 radical (unpaired) electrons. The highest BCUT2D eigenvalue weighted by molar-refractivity contribution is 9.10. The fraction of sp³-hybridized carbons (Fsp3) is 0.200. The first kappa shape index (κ1) is 13.2. The van der Waals surface area contributed by atoms with Crippen molar-refractivity contribution < 1.29 is 4.39 Å². The average molecular weight is 308 g/mol. The molecule has 0 heterocycles. The van der Waals surface area contributed by atoms with Gasteiger partial charge in [0, 0.05) is 10.0 Å². The van der Waals surface area contributed by atoms with Crippen LogP contribution in [0.15, 0.2) is 46.9 Å². The highest BCUT2D eigenvalue weighted by Gasteiger charge is 2.17. The molecular formula is C15H15BrFN. The third-order valence-electron chi connectivity index (χ3n) is 3.05. The topological polar surface area (TPSA) is 12.0 Å². The Kier molecular flexibility index (Phi) is 4.15. The molecule has 1 atom stereocenters. The van der Waals surface area contributed by atoms with E-state index < -0.39 is 0 Å². The Bertz CT molecular complexity index is 554. The van der Waals surface area contributed by atoms with Gasteiger partial charge >= 0.3 is 0 Å². The minimum atomic E-state index is -0.181. The Morgan fingerprint density at radius 1 is 1.11 bits per heavy atom. The van der Waals surface area contributed by atoms with E-state index in [1.165, 1.54) is 6.07 Å². The predicted molar refractivity (Wildman–Crippen MR) is 76.2 cm³/mol. The Balaban J connectivity index is 2.49. The van der Waals surface area contributed by atoms with Crippen molar-refractivity contribution in [2.24, 2.45) is 0 Å². The second-order valence-corrected chi connectivity index (χ2v) is 5.16. The van der Waals surface area contributed by atoms with Crippen LogP contribution in [0.1, 0.15) is 22.7 Å². The molecule has 0 aliphatic heterocycles. The fourth-order valence-corrected chi connectivity index (χ4v) is 2.63. The predicted octanol–water partition coefficient (Wildman–Crippen LogP) is 4.21. The van der Waals surface area contributed by atoms with Crippen molar-refractivity contribution in [2.75, 3.05) is 7.05 Å². The lowest BCUT2D eigenvalue weighted by Gasteiger charge is -2.20. The molecule has 0 amide bonds. The molecule has 0 saturated carbocycles. The summed E-state index contributed by atoms with van der Waals surface area (Å²) in [6.45, 7) is 2.03. The molecule has 0 fully saturated rings. The molecule has 2 aromatic rings. The lowest BCUT2D eigenvalue weighted by Crippen LogP contribution is -2.19. The maximum atomic E-state index is 13.9. The van der Waals surface area contributed by atoms with Gasteiger partial charge in [0.1, 0.15) is 5.82 Å². The summed E-state index contributed by atoms with van der Waals surface area (Å²) in [4.78, 5) is 0. The van der Waals surface area contributed by atoms with Crippen molar-refractivity contribution in [3.05, 3.63) is 69.4 Å². The Morgan fingerprint density at radius 2 is 1.83 bits per heavy atom. The second kappa shape index (κ2) is 5.63. The first-order chi connectivity index (χ1) is 8.63. The number of hydrogen-bond acceptors (Lipinski definition) is 1. The Morgan fingerprint density at radius 3 is 2.44 bits per heavy atom. The van der Waals surface area contributed by atoms with Gasteiger partial charge in [-0.15, -0.1) is 0 Å². The van der Waals surface area contributed by atoms with Crippen molar-refractivity contribution in [3.63, 3.8) is 0 Å². The zero-order valence-corrected chi connectivity index (χ0v) is 12.0. The van der Waals surface area contributed by atoms with Crippen molar-refractivity contribution in [3.8, 4) is 0 Å². The first-order valence-electron chi connectivity index (χ1n) is 5.81. The highest BCUT2D eigenvalue weighted by Crippen LogP contribution is 2.28. The molecule has 3 heteroatoms. The number of aryl methyl sites for hydroxylation is 1. The number of halogens is 2. The molecule has 2 rings (SSSR count). The van der Waals surface area contributed by atoms with E-state index in [4.69, 9.17) is 0 Å². The third-order valence-corrected chi connectivity index (χ3v) is 3.54. The summed E-state index contributed by atoms with van der Waals surface area (Å²) in [6, 6.07) is 12.8. The molecule has 0 saturated heterocycles. The summed E-state index contributed by atoms with van der Waals surface area (Å²) in [7, 11) is 1.85. The zero-order chi connectivity index (χ0) is 13.1. The monoisotopic (exact) mass is 307 g/mol. The van der Waals surface area contributed by atoms with Crippen LogP contribution < -0.4 is 5.32 Å². The van der Waals surface area contributed by atoms with Gasteiger partial charge in [-0.1, -0.05) is 40.2 Å². The van der Waals surface area contributed by atoms with Gasteiger partial charge in [0.05, 0.1) is 6.04 Å². The third kappa shape index (κ3) is 2.62. The minimum absolute atomic E-state index is 0.126. The van der Waals surface area contributed by atoms with Gasteiger partial charge in [0.25, 0.3) is 0 Å². The van der Waals surface area contributed by atoms with Crippen LogP contribution in [-0.2, 0) is 0 Å². The van der Waals surface area contributed by atoms with Crippen LogP contribution >= 0.6 is 15.9 Å². The summed E-state index contributed by atoms with van der Waals surface area (Å²) < 4.78 is 14.9. The molecule has 1 unspecified atom stereocenters. The van der Waals surface area contributed by atoms with Crippen molar-refractivity contribution in [2.45, 2.75) is 13.0 Å². The molecule has 0 bridgehead atoms. The van der Waals surface area contributed by atoms with E-state index >= 15 is 0 Å².